The van der Waals surface area contributed by atoms with Crippen LogP contribution in [0.1, 0.15) is 37.8 Å². The summed E-state index contributed by atoms with van der Waals surface area (Å²) in [6, 6.07) is 23.9. The van der Waals surface area contributed by atoms with Crippen LogP contribution in [0.25, 0.3) is 11.3 Å². The fourth-order valence-corrected chi connectivity index (χ4v) is 4.78. The van der Waals surface area contributed by atoms with E-state index in [-0.39, 0.29) is 30.3 Å². The zero-order valence-electron chi connectivity index (χ0n) is 20.8. The molecule has 36 heavy (non-hydrogen) atoms. The first kappa shape index (κ1) is 24.0. The first-order valence-electron chi connectivity index (χ1n) is 12.9. The molecule has 0 spiro atoms. The summed E-state index contributed by atoms with van der Waals surface area (Å²) in [4.78, 5) is 32.4. The third-order valence-corrected chi connectivity index (χ3v) is 7.16. The van der Waals surface area contributed by atoms with Crippen LogP contribution in [0.5, 0.6) is 0 Å². The highest BCUT2D eigenvalue weighted by molar-refractivity contribution is 5.87. The quantitative estimate of drug-likeness (QED) is 0.504. The van der Waals surface area contributed by atoms with E-state index in [2.05, 4.69) is 15.1 Å². The highest BCUT2D eigenvalue weighted by atomic mass is 16.2. The Morgan fingerprint density at radius 2 is 1.61 bits per heavy atom. The molecule has 3 aromatic rings. The molecule has 1 aromatic heterocycles. The summed E-state index contributed by atoms with van der Waals surface area (Å²) in [7, 11) is 0. The van der Waals surface area contributed by atoms with Gasteiger partial charge in [0.15, 0.2) is 5.82 Å². The van der Waals surface area contributed by atoms with Gasteiger partial charge in [-0.15, -0.1) is 10.2 Å². The van der Waals surface area contributed by atoms with Gasteiger partial charge in [-0.3, -0.25) is 9.59 Å². The van der Waals surface area contributed by atoms with Crippen LogP contribution >= 0.6 is 0 Å². The lowest BCUT2D eigenvalue weighted by Gasteiger charge is -2.32. The van der Waals surface area contributed by atoms with Gasteiger partial charge in [0.05, 0.1) is 11.7 Å². The molecular formula is C29H33N5O2. The smallest absolute Gasteiger partial charge is 0.242 e. The number of carbonyl (C=O) groups excluding carboxylic acids is 2. The van der Waals surface area contributed by atoms with Crippen molar-refractivity contribution in [2.24, 2.45) is 5.92 Å². The van der Waals surface area contributed by atoms with E-state index in [4.69, 9.17) is 0 Å². The second-order valence-electron chi connectivity index (χ2n) is 9.69. The zero-order valence-corrected chi connectivity index (χ0v) is 20.8. The van der Waals surface area contributed by atoms with Gasteiger partial charge in [-0.1, -0.05) is 60.7 Å². The minimum absolute atomic E-state index is 0.0131. The fraction of sp³-hybridized carbons (Fsp3) is 0.379. The number of anilines is 1. The van der Waals surface area contributed by atoms with Crippen molar-refractivity contribution in [2.45, 2.75) is 32.2 Å². The minimum atomic E-state index is -0.134. The third-order valence-electron chi connectivity index (χ3n) is 7.16. The first-order valence-corrected chi connectivity index (χ1v) is 12.9. The van der Waals surface area contributed by atoms with Crippen LogP contribution in [0.3, 0.4) is 0 Å². The molecule has 2 heterocycles. The molecule has 1 aliphatic heterocycles. The average Bonchev–Trinajstić information content (AvgIpc) is 3.80. The summed E-state index contributed by atoms with van der Waals surface area (Å²) in [5, 5.41) is 8.89. The molecule has 7 heteroatoms. The van der Waals surface area contributed by atoms with Gasteiger partial charge in [0, 0.05) is 37.7 Å². The number of amides is 2. The number of hydrogen-bond acceptors (Lipinski definition) is 5. The van der Waals surface area contributed by atoms with Crippen molar-refractivity contribution in [3.63, 3.8) is 0 Å². The van der Waals surface area contributed by atoms with Crippen LogP contribution in [-0.4, -0.2) is 64.5 Å². The Kier molecular flexibility index (Phi) is 7.26. The molecule has 186 valence electrons. The van der Waals surface area contributed by atoms with E-state index in [1.54, 1.807) is 4.90 Å². The van der Waals surface area contributed by atoms with Crippen molar-refractivity contribution in [3.8, 4) is 11.3 Å². The van der Waals surface area contributed by atoms with E-state index in [9.17, 15) is 9.59 Å². The van der Waals surface area contributed by atoms with E-state index in [0.29, 0.717) is 19.6 Å². The zero-order chi connectivity index (χ0) is 24.9. The Morgan fingerprint density at radius 3 is 2.28 bits per heavy atom. The second-order valence-corrected chi connectivity index (χ2v) is 9.69. The molecule has 7 nitrogen and oxygen atoms in total. The Morgan fingerprint density at radius 1 is 0.889 bits per heavy atom. The first-order chi connectivity index (χ1) is 17.6. The molecule has 2 aliphatic rings. The summed E-state index contributed by atoms with van der Waals surface area (Å²) < 4.78 is 0. The van der Waals surface area contributed by atoms with Gasteiger partial charge in [-0.25, -0.2) is 0 Å². The molecule has 1 saturated carbocycles. The summed E-state index contributed by atoms with van der Waals surface area (Å²) in [5.74, 6) is 1.01. The van der Waals surface area contributed by atoms with Crippen molar-refractivity contribution in [1.29, 1.82) is 0 Å². The molecule has 1 saturated heterocycles. The highest BCUT2D eigenvalue weighted by Gasteiger charge is 2.37. The standard InChI is InChI=1S/C29H33N5O2/c1-22(23-9-4-2-5-10-23)34(29(36)25-13-14-25)21-28(35)33-18-8-17-32(19-20-33)27-16-15-26(30-31-27)24-11-6-3-7-12-24/h2-7,9-12,15-16,22,25H,8,13-14,17-21H2,1H3/t22-/m1/s1. The van der Waals surface area contributed by atoms with Gasteiger partial charge in [-0.2, -0.15) is 0 Å². The average molecular weight is 484 g/mol. The largest absolute Gasteiger partial charge is 0.353 e. The Hall–Kier alpha value is -3.74. The monoisotopic (exact) mass is 483 g/mol. The summed E-state index contributed by atoms with van der Waals surface area (Å²) in [6.07, 6.45) is 2.69. The normalized spacial score (nSPS) is 16.8. The molecule has 1 aliphatic carbocycles. The van der Waals surface area contributed by atoms with E-state index in [0.717, 1.165) is 48.4 Å². The number of rotatable bonds is 7. The van der Waals surface area contributed by atoms with Gasteiger partial charge in [-0.05, 0) is 43.9 Å². The second kappa shape index (κ2) is 10.9. The molecule has 5 rings (SSSR count). The molecule has 0 radical (unpaired) electrons. The molecule has 2 amide bonds. The third kappa shape index (κ3) is 5.56. The van der Waals surface area contributed by atoms with Crippen LogP contribution in [-0.2, 0) is 9.59 Å². The number of aromatic nitrogens is 2. The topological polar surface area (TPSA) is 69.6 Å². The number of hydrogen-bond donors (Lipinski definition) is 0. The predicted octanol–water partition coefficient (Wildman–Crippen LogP) is 4.18. The van der Waals surface area contributed by atoms with Crippen LogP contribution in [0.4, 0.5) is 5.82 Å². The Balaban J connectivity index is 1.22. The van der Waals surface area contributed by atoms with Crippen molar-refractivity contribution < 1.29 is 9.59 Å². The van der Waals surface area contributed by atoms with Crippen LogP contribution in [0.15, 0.2) is 72.8 Å². The maximum Gasteiger partial charge on any atom is 0.242 e. The lowest BCUT2D eigenvalue weighted by molar-refractivity contribution is -0.143. The van der Waals surface area contributed by atoms with Crippen LogP contribution in [0.2, 0.25) is 0 Å². The maximum absolute atomic E-state index is 13.4. The number of carbonyl (C=O) groups is 2. The van der Waals surface area contributed by atoms with Crippen LogP contribution in [0, 0.1) is 5.92 Å². The van der Waals surface area contributed by atoms with E-state index in [1.807, 2.05) is 84.6 Å². The number of benzene rings is 2. The van der Waals surface area contributed by atoms with Crippen molar-refractivity contribution in [1.82, 2.24) is 20.0 Å². The molecular weight excluding hydrogens is 450 g/mol. The van der Waals surface area contributed by atoms with E-state index in [1.165, 1.54) is 0 Å². The van der Waals surface area contributed by atoms with Gasteiger partial charge in [0.25, 0.3) is 0 Å². The van der Waals surface area contributed by atoms with Gasteiger partial charge in [0.1, 0.15) is 6.54 Å². The summed E-state index contributed by atoms with van der Waals surface area (Å²) >= 11 is 0. The molecule has 2 aromatic carbocycles. The minimum Gasteiger partial charge on any atom is -0.353 e. The molecule has 0 N–H and O–H groups in total. The predicted molar refractivity (Wildman–Crippen MR) is 140 cm³/mol. The van der Waals surface area contributed by atoms with Gasteiger partial charge in [0.2, 0.25) is 11.8 Å². The summed E-state index contributed by atoms with van der Waals surface area (Å²) in [5.41, 5.74) is 2.94. The van der Waals surface area contributed by atoms with Gasteiger partial charge < -0.3 is 14.7 Å². The van der Waals surface area contributed by atoms with E-state index < -0.39 is 0 Å². The molecule has 1 atom stereocenters. The van der Waals surface area contributed by atoms with E-state index >= 15 is 0 Å². The SMILES string of the molecule is C[C@H](c1ccccc1)N(CC(=O)N1CCCN(c2ccc(-c3ccccc3)nn2)CC1)C(=O)C1CC1. The molecule has 0 bridgehead atoms. The lowest BCUT2D eigenvalue weighted by Crippen LogP contribution is -2.45. The van der Waals surface area contributed by atoms with Crippen molar-refractivity contribution in [2.75, 3.05) is 37.6 Å². The highest BCUT2D eigenvalue weighted by Crippen LogP contribution is 2.34. The lowest BCUT2D eigenvalue weighted by atomic mass is 10.1. The molecule has 2 fully saturated rings. The summed E-state index contributed by atoms with van der Waals surface area (Å²) in [6.45, 7) is 4.92. The Labute approximate surface area is 212 Å². The fourth-order valence-electron chi connectivity index (χ4n) is 4.78. The molecule has 0 unspecified atom stereocenters. The van der Waals surface area contributed by atoms with Crippen molar-refractivity contribution in [3.05, 3.63) is 78.4 Å². The Bertz CT molecular complexity index is 1170. The van der Waals surface area contributed by atoms with Gasteiger partial charge >= 0.3 is 0 Å². The maximum atomic E-state index is 13.4. The van der Waals surface area contributed by atoms with Crippen molar-refractivity contribution >= 4 is 17.6 Å². The number of nitrogens with zero attached hydrogens (tertiary/aromatic N) is 5. The van der Waals surface area contributed by atoms with Crippen LogP contribution < -0.4 is 4.90 Å².